The third-order valence-corrected chi connectivity index (χ3v) is 4.94. The predicted molar refractivity (Wildman–Crippen MR) is 112 cm³/mol. The summed E-state index contributed by atoms with van der Waals surface area (Å²) >= 11 is 1.02. The van der Waals surface area contributed by atoms with Crippen LogP contribution < -0.4 is 5.32 Å². The monoisotopic (exact) mass is 406 g/mol. The first-order valence-electron chi connectivity index (χ1n) is 8.50. The molecule has 0 spiro atoms. The van der Waals surface area contributed by atoms with Crippen LogP contribution in [0.2, 0.25) is 0 Å². The van der Waals surface area contributed by atoms with Crippen molar-refractivity contribution in [1.29, 1.82) is 0 Å². The van der Waals surface area contributed by atoms with Crippen molar-refractivity contribution >= 4 is 40.3 Å². The third-order valence-electron chi connectivity index (χ3n) is 4.13. The van der Waals surface area contributed by atoms with Crippen LogP contribution in [-0.4, -0.2) is 25.7 Å². The Labute approximate surface area is 169 Å². The quantitative estimate of drug-likeness (QED) is 0.485. The summed E-state index contributed by atoms with van der Waals surface area (Å²) in [6.45, 7) is 0. The molecule has 0 saturated carbocycles. The minimum absolute atomic E-state index is 0.0162. The molecule has 0 radical (unpaired) electrons. The van der Waals surface area contributed by atoms with E-state index in [1.807, 2.05) is 29.0 Å². The predicted octanol–water partition coefficient (Wildman–Crippen LogP) is 4.62. The number of nitro benzene ring substituents is 1. The summed E-state index contributed by atoms with van der Waals surface area (Å²) in [4.78, 5) is 27.4. The molecule has 2 heterocycles. The number of phenols is 1. The van der Waals surface area contributed by atoms with Crippen LogP contribution >= 0.6 is 11.8 Å². The van der Waals surface area contributed by atoms with E-state index in [0.29, 0.717) is 16.4 Å². The molecule has 1 aliphatic heterocycles. The van der Waals surface area contributed by atoms with Crippen LogP contribution in [0.4, 0.5) is 16.2 Å². The normalized spacial score (nSPS) is 16.3. The number of aromatic hydroxyl groups is 1. The molecule has 2 N–H and O–H groups in total. The Bertz CT molecular complexity index is 1170. The van der Waals surface area contributed by atoms with E-state index < -0.39 is 4.92 Å². The molecule has 8 nitrogen and oxygen atoms in total. The average Bonchev–Trinajstić information content (AvgIpc) is 3.28. The van der Waals surface area contributed by atoms with Gasteiger partial charge in [-0.2, -0.15) is 0 Å². The number of aromatic nitrogens is 1. The summed E-state index contributed by atoms with van der Waals surface area (Å²) in [7, 11) is 0. The lowest BCUT2D eigenvalue weighted by atomic mass is 10.2. The molecular formula is C20H14N4O4S. The van der Waals surface area contributed by atoms with Gasteiger partial charge in [0.2, 0.25) is 0 Å². The Morgan fingerprint density at radius 3 is 2.66 bits per heavy atom. The number of nitrogens with one attached hydrogen (secondary N) is 1. The Morgan fingerprint density at radius 2 is 1.93 bits per heavy atom. The molecule has 1 aromatic heterocycles. The largest absolute Gasteiger partial charge is 0.508 e. The fourth-order valence-corrected chi connectivity index (χ4v) is 3.54. The number of amidine groups is 1. The molecule has 29 heavy (non-hydrogen) atoms. The van der Waals surface area contributed by atoms with Crippen molar-refractivity contribution in [1.82, 2.24) is 9.88 Å². The lowest BCUT2D eigenvalue weighted by Gasteiger charge is -2.07. The second kappa shape index (κ2) is 7.64. The summed E-state index contributed by atoms with van der Waals surface area (Å²) in [6.07, 6.45) is 3.64. The number of nitrogens with zero attached hydrogens (tertiary/aromatic N) is 3. The van der Waals surface area contributed by atoms with Crippen LogP contribution in [0.1, 0.15) is 5.69 Å². The van der Waals surface area contributed by atoms with Crippen molar-refractivity contribution in [3.8, 4) is 11.4 Å². The summed E-state index contributed by atoms with van der Waals surface area (Å²) in [5, 5.41) is 22.9. The average molecular weight is 406 g/mol. The van der Waals surface area contributed by atoms with Gasteiger partial charge in [-0.3, -0.25) is 14.9 Å². The second-order valence-electron chi connectivity index (χ2n) is 6.08. The first-order chi connectivity index (χ1) is 14.0. The fraction of sp³-hybridized carbons (Fsp3) is 0. The molecule has 2 aromatic carbocycles. The van der Waals surface area contributed by atoms with Gasteiger partial charge in [0.25, 0.3) is 10.9 Å². The zero-order valence-electron chi connectivity index (χ0n) is 14.9. The van der Waals surface area contributed by atoms with Gasteiger partial charge >= 0.3 is 0 Å². The van der Waals surface area contributed by atoms with E-state index in [1.165, 1.54) is 18.2 Å². The van der Waals surface area contributed by atoms with Gasteiger partial charge in [0.15, 0.2) is 0 Å². The molecule has 0 aliphatic carbocycles. The molecule has 1 amide bonds. The Hall–Kier alpha value is -3.85. The van der Waals surface area contributed by atoms with Gasteiger partial charge in [-0.1, -0.05) is 6.07 Å². The highest BCUT2D eigenvalue weighted by Crippen LogP contribution is 2.30. The molecule has 1 saturated heterocycles. The Kier molecular flexibility index (Phi) is 4.88. The second-order valence-corrected chi connectivity index (χ2v) is 7.09. The first-order valence-corrected chi connectivity index (χ1v) is 9.32. The number of nitro groups is 1. The molecule has 1 aliphatic rings. The van der Waals surface area contributed by atoms with Crippen LogP contribution in [0.25, 0.3) is 11.8 Å². The van der Waals surface area contributed by atoms with E-state index in [1.54, 1.807) is 30.3 Å². The minimum atomic E-state index is -0.446. The number of benzene rings is 2. The Balaban J connectivity index is 1.69. The number of carbonyl (C=O) groups excluding carboxylic acids is 1. The van der Waals surface area contributed by atoms with Gasteiger partial charge in [-0.15, -0.1) is 0 Å². The molecule has 9 heteroatoms. The highest BCUT2D eigenvalue weighted by atomic mass is 32.2. The molecule has 0 unspecified atom stereocenters. The number of hydrogen-bond donors (Lipinski definition) is 2. The zero-order chi connectivity index (χ0) is 20.4. The van der Waals surface area contributed by atoms with Crippen LogP contribution in [0.3, 0.4) is 0 Å². The number of aliphatic imine (C=N–C) groups is 1. The number of hydrogen-bond acceptors (Lipinski definition) is 6. The van der Waals surface area contributed by atoms with Crippen LogP contribution in [0, 0.1) is 10.1 Å². The maximum Gasteiger partial charge on any atom is 0.289 e. The van der Waals surface area contributed by atoms with E-state index >= 15 is 0 Å². The number of phenolic OH excluding ortho intramolecular Hbond substituents is 1. The van der Waals surface area contributed by atoms with Gasteiger partial charge in [0.05, 0.1) is 15.5 Å². The summed E-state index contributed by atoms with van der Waals surface area (Å²) < 4.78 is 1.85. The van der Waals surface area contributed by atoms with Gasteiger partial charge in [-0.05, 0) is 54.2 Å². The molecule has 144 valence electrons. The van der Waals surface area contributed by atoms with Crippen LogP contribution in [-0.2, 0) is 0 Å². The van der Waals surface area contributed by atoms with Crippen LogP contribution in [0.15, 0.2) is 76.8 Å². The van der Waals surface area contributed by atoms with E-state index in [4.69, 9.17) is 0 Å². The van der Waals surface area contributed by atoms with E-state index in [0.717, 1.165) is 23.1 Å². The van der Waals surface area contributed by atoms with E-state index in [9.17, 15) is 20.0 Å². The molecule has 1 fully saturated rings. The van der Waals surface area contributed by atoms with Gasteiger partial charge in [-0.25, -0.2) is 4.99 Å². The van der Waals surface area contributed by atoms with Crippen molar-refractivity contribution in [2.75, 3.05) is 0 Å². The maximum atomic E-state index is 11.9. The number of carbonyl (C=O) groups is 1. The topological polar surface area (TPSA) is 110 Å². The Morgan fingerprint density at radius 1 is 1.14 bits per heavy atom. The highest BCUT2D eigenvalue weighted by molar-refractivity contribution is 8.18. The SMILES string of the molecule is O=C1NC(=Nc2cccc(O)c2)C(=Cc2cccn2-c2ccc([N+](=O)[O-])cc2)S1. The van der Waals surface area contributed by atoms with Gasteiger partial charge in [0, 0.05) is 35.8 Å². The molecule has 0 atom stereocenters. The highest BCUT2D eigenvalue weighted by Gasteiger charge is 2.24. The third kappa shape index (κ3) is 4.04. The lowest BCUT2D eigenvalue weighted by molar-refractivity contribution is -0.384. The number of rotatable bonds is 4. The van der Waals surface area contributed by atoms with Crippen LogP contribution in [0.5, 0.6) is 5.75 Å². The smallest absolute Gasteiger partial charge is 0.289 e. The van der Waals surface area contributed by atoms with Crippen molar-refractivity contribution in [2.24, 2.45) is 4.99 Å². The lowest BCUT2D eigenvalue weighted by Crippen LogP contribution is -2.18. The number of thioether (sulfide) groups is 1. The summed E-state index contributed by atoms with van der Waals surface area (Å²) in [5.41, 5.74) is 2.06. The molecule has 4 rings (SSSR count). The first kappa shape index (κ1) is 18.5. The summed E-state index contributed by atoms with van der Waals surface area (Å²) in [6, 6.07) is 16.3. The van der Waals surface area contributed by atoms with E-state index in [-0.39, 0.29) is 16.7 Å². The zero-order valence-corrected chi connectivity index (χ0v) is 15.7. The van der Waals surface area contributed by atoms with Gasteiger partial charge < -0.3 is 15.0 Å². The summed E-state index contributed by atoms with van der Waals surface area (Å²) in [5.74, 6) is 0.475. The number of non-ortho nitro benzene ring substituents is 1. The molecule has 3 aromatic rings. The minimum Gasteiger partial charge on any atom is -0.508 e. The van der Waals surface area contributed by atoms with Crippen molar-refractivity contribution in [3.63, 3.8) is 0 Å². The van der Waals surface area contributed by atoms with E-state index in [2.05, 4.69) is 10.3 Å². The standard InChI is InChI=1S/C20H14N4O4S/c25-17-5-1-3-13(11-17)21-19-18(29-20(26)22-19)12-16-4-2-10-23(16)14-6-8-15(9-7-14)24(27)28/h1-12,25H,(H,21,22,26). The fourth-order valence-electron chi connectivity index (χ4n) is 2.82. The van der Waals surface area contributed by atoms with Crippen molar-refractivity contribution in [2.45, 2.75) is 0 Å². The number of amides is 1. The molecule has 0 bridgehead atoms. The maximum absolute atomic E-state index is 11.9. The van der Waals surface area contributed by atoms with Crippen molar-refractivity contribution in [3.05, 3.63) is 87.6 Å². The molecular weight excluding hydrogens is 392 g/mol. The van der Waals surface area contributed by atoms with Crippen molar-refractivity contribution < 1.29 is 14.8 Å². The van der Waals surface area contributed by atoms with Gasteiger partial charge in [0.1, 0.15) is 11.6 Å².